The van der Waals surface area contributed by atoms with Gasteiger partial charge in [-0.05, 0) is 30.3 Å². The molecule has 0 atom stereocenters. The van der Waals surface area contributed by atoms with Crippen molar-refractivity contribution in [2.45, 2.75) is 6.54 Å². The standard InChI is InChI=1S/C18H21ClN4O3/c19-14-3-1-4-15(11-14)22-6-8-23(9-7-22)18(25)21-13-17(24)20-12-16-5-2-10-26-16/h1-5,10-11H,6-9,12-13H2,(H,20,24)(H,21,25). The molecule has 1 aromatic carbocycles. The van der Waals surface area contributed by atoms with Crippen LogP contribution in [-0.2, 0) is 11.3 Å². The highest BCUT2D eigenvalue weighted by molar-refractivity contribution is 6.30. The molecule has 1 aromatic heterocycles. The van der Waals surface area contributed by atoms with Crippen molar-refractivity contribution >= 4 is 29.2 Å². The Hall–Kier alpha value is -2.67. The van der Waals surface area contributed by atoms with Crippen molar-refractivity contribution in [1.82, 2.24) is 15.5 Å². The van der Waals surface area contributed by atoms with E-state index in [1.54, 1.807) is 23.3 Å². The first kappa shape index (κ1) is 18.1. The lowest BCUT2D eigenvalue weighted by molar-refractivity contribution is -0.120. The van der Waals surface area contributed by atoms with E-state index in [0.717, 1.165) is 18.8 Å². The first-order chi connectivity index (χ1) is 12.6. The number of carbonyl (C=O) groups is 2. The average Bonchev–Trinajstić information content (AvgIpc) is 3.18. The zero-order valence-electron chi connectivity index (χ0n) is 14.3. The molecule has 26 heavy (non-hydrogen) atoms. The van der Waals surface area contributed by atoms with Crippen LogP contribution in [0, 0.1) is 0 Å². The van der Waals surface area contributed by atoms with Gasteiger partial charge in [-0.15, -0.1) is 0 Å². The summed E-state index contributed by atoms with van der Waals surface area (Å²) < 4.78 is 5.14. The van der Waals surface area contributed by atoms with Gasteiger partial charge in [-0.25, -0.2) is 4.79 Å². The fourth-order valence-electron chi connectivity index (χ4n) is 2.77. The van der Waals surface area contributed by atoms with Crippen LogP contribution in [0.4, 0.5) is 10.5 Å². The van der Waals surface area contributed by atoms with E-state index in [-0.39, 0.29) is 18.5 Å². The molecule has 3 rings (SSSR count). The molecule has 2 N–H and O–H groups in total. The number of halogens is 1. The number of anilines is 1. The third-order valence-electron chi connectivity index (χ3n) is 4.18. The van der Waals surface area contributed by atoms with Gasteiger partial charge < -0.3 is 24.9 Å². The largest absolute Gasteiger partial charge is 0.467 e. The normalized spacial score (nSPS) is 14.2. The minimum absolute atomic E-state index is 0.0615. The molecular formula is C18H21ClN4O3. The predicted molar refractivity (Wildman–Crippen MR) is 99.2 cm³/mol. The smallest absolute Gasteiger partial charge is 0.317 e. The van der Waals surface area contributed by atoms with Gasteiger partial charge in [0.15, 0.2) is 0 Å². The van der Waals surface area contributed by atoms with Crippen LogP contribution in [-0.4, -0.2) is 49.6 Å². The number of piperazine rings is 1. The van der Waals surface area contributed by atoms with Gasteiger partial charge in [0.05, 0.1) is 19.4 Å². The van der Waals surface area contributed by atoms with Gasteiger partial charge in [0, 0.05) is 36.9 Å². The lowest BCUT2D eigenvalue weighted by Crippen LogP contribution is -2.53. The summed E-state index contributed by atoms with van der Waals surface area (Å²) in [6.07, 6.45) is 1.55. The Morgan fingerprint density at radius 3 is 2.58 bits per heavy atom. The summed E-state index contributed by atoms with van der Waals surface area (Å²) in [5.41, 5.74) is 1.05. The molecule has 2 aromatic rings. The highest BCUT2D eigenvalue weighted by Gasteiger charge is 2.21. The highest BCUT2D eigenvalue weighted by atomic mass is 35.5. The average molecular weight is 377 g/mol. The number of hydrogen-bond donors (Lipinski definition) is 2. The Morgan fingerprint density at radius 1 is 1.08 bits per heavy atom. The molecule has 0 spiro atoms. The van der Waals surface area contributed by atoms with Crippen LogP contribution < -0.4 is 15.5 Å². The zero-order valence-corrected chi connectivity index (χ0v) is 15.0. The van der Waals surface area contributed by atoms with Crippen molar-refractivity contribution in [2.24, 2.45) is 0 Å². The molecule has 0 radical (unpaired) electrons. The summed E-state index contributed by atoms with van der Waals surface area (Å²) in [6, 6.07) is 11.0. The molecule has 138 valence electrons. The number of nitrogens with zero attached hydrogens (tertiary/aromatic N) is 2. The maximum atomic E-state index is 12.2. The second kappa shape index (κ2) is 8.62. The van der Waals surface area contributed by atoms with E-state index in [1.165, 1.54) is 0 Å². The number of benzene rings is 1. The van der Waals surface area contributed by atoms with Crippen molar-refractivity contribution in [1.29, 1.82) is 0 Å². The van der Waals surface area contributed by atoms with E-state index >= 15 is 0 Å². The van der Waals surface area contributed by atoms with Crippen LogP contribution in [0.3, 0.4) is 0 Å². The summed E-state index contributed by atoms with van der Waals surface area (Å²) in [5.74, 6) is 0.411. The van der Waals surface area contributed by atoms with Crippen LogP contribution >= 0.6 is 11.6 Å². The second-order valence-corrected chi connectivity index (χ2v) is 6.41. The molecule has 2 heterocycles. The van der Waals surface area contributed by atoms with Gasteiger partial charge in [-0.3, -0.25) is 4.79 Å². The fourth-order valence-corrected chi connectivity index (χ4v) is 2.95. The molecule has 1 saturated heterocycles. The van der Waals surface area contributed by atoms with Gasteiger partial charge in [-0.2, -0.15) is 0 Å². The monoisotopic (exact) mass is 376 g/mol. The number of carbonyl (C=O) groups excluding carboxylic acids is 2. The van der Waals surface area contributed by atoms with Crippen molar-refractivity contribution in [3.63, 3.8) is 0 Å². The Bertz CT molecular complexity index is 743. The Labute approximate surface area is 156 Å². The summed E-state index contributed by atoms with van der Waals surface area (Å²) >= 11 is 6.03. The van der Waals surface area contributed by atoms with E-state index in [9.17, 15) is 9.59 Å². The van der Waals surface area contributed by atoms with E-state index in [1.807, 2.05) is 24.3 Å². The van der Waals surface area contributed by atoms with E-state index in [2.05, 4.69) is 15.5 Å². The summed E-state index contributed by atoms with van der Waals surface area (Å²) in [7, 11) is 0. The highest BCUT2D eigenvalue weighted by Crippen LogP contribution is 2.20. The lowest BCUT2D eigenvalue weighted by Gasteiger charge is -2.36. The topological polar surface area (TPSA) is 77.8 Å². The van der Waals surface area contributed by atoms with Crippen molar-refractivity contribution in [2.75, 3.05) is 37.6 Å². The van der Waals surface area contributed by atoms with Gasteiger partial charge >= 0.3 is 6.03 Å². The predicted octanol–water partition coefficient (Wildman–Crippen LogP) is 2.08. The molecule has 1 aliphatic rings. The molecule has 1 aliphatic heterocycles. The van der Waals surface area contributed by atoms with E-state index < -0.39 is 0 Å². The third kappa shape index (κ3) is 4.92. The molecular weight excluding hydrogens is 356 g/mol. The number of nitrogens with one attached hydrogen (secondary N) is 2. The van der Waals surface area contributed by atoms with Gasteiger partial charge in [-0.1, -0.05) is 17.7 Å². The van der Waals surface area contributed by atoms with Gasteiger partial charge in [0.2, 0.25) is 5.91 Å². The first-order valence-corrected chi connectivity index (χ1v) is 8.82. The molecule has 0 bridgehead atoms. The van der Waals surface area contributed by atoms with Crippen molar-refractivity contribution in [3.05, 3.63) is 53.4 Å². The molecule has 8 heteroatoms. The number of urea groups is 1. The maximum absolute atomic E-state index is 12.2. The Balaban J connectivity index is 1.38. The maximum Gasteiger partial charge on any atom is 0.317 e. The molecule has 0 aliphatic carbocycles. The van der Waals surface area contributed by atoms with E-state index in [4.69, 9.17) is 16.0 Å². The van der Waals surface area contributed by atoms with Gasteiger partial charge in [0.1, 0.15) is 5.76 Å². The Kier molecular flexibility index (Phi) is 6.01. The minimum Gasteiger partial charge on any atom is -0.467 e. The molecule has 7 nitrogen and oxygen atoms in total. The number of hydrogen-bond acceptors (Lipinski definition) is 4. The number of rotatable bonds is 5. The lowest BCUT2D eigenvalue weighted by atomic mass is 10.2. The SMILES string of the molecule is O=C(CNC(=O)N1CCN(c2cccc(Cl)c2)CC1)NCc1ccco1. The van der Waals surface area contributed by atoms with Crippen LogP contribution in [0.5, 0.6) is 0 Å². The quantitative estimate of drug-likeness (QED) is 0.837. The van der Waals surface area contributed by atoms with Crippen LogP contribution in [0.1, 0.15) is 5.76 Å². The van der Waals surface area contributed by atoms with Crippen LogP contribution in [0.15, 0.2) is 47.1 Å². The summed E-state index contributed by atoms with van der Waals surface area (Å²) in [4.78, 5) is 27.9. The first-order valence-electron chi connectivity index (χ1n) is 8.44. The van der Waals surface area contributed by atoms with Crippen LogP contribution in [0.2, 0.25) is 5.02 Å². The molecule has 0 saturated carbocycles. The number of amides is 3. The molecule has 0 unspecified atom stereocenters. The minimum atomic E-state index is -0.257. The second-order valence-electron chi connectivity index (χ2n) is 5.97. The number of furan rings is 1. The third-order valence-corrected chi connectivity index (χ3v) is 4.42. The fraction of sp³-hybridized carbons (Fsp3) is 0.333. The van der Waals surface area contributed by atoms with Crippen LogP contribution in [0.25, 0.3) is 0 Å². The molecule has 3 amide bonds. The Morgan fingerprint density at radius 2 is 1.88 bits per heavy atom. The van der Waals surface area contributed by atoms with Crippen molar-refractivity contribution < 1.29 is 14.0 Å². The molecule has 1 fully saturated rings. The van der Waals surface area contributed by atoms with E-state index in [0.29, 0.717) is 30.4 Å². The van der Waals surface area contributed by atoms with Gasteiger partial charge in [0.25, 0.3) is 0 Å². The van der Waals surface area contributed by atoms with Crippen molar-refractivity contribution in [3.8, 4) is 0 Å². The zero-order chi connectivity index (χ0) is 18.4. The summed E-state index contributed by atoms with van der Waals surface area (Å²) in [6.45, 7) is 2.86. The summed E-state index contributed by atoms with van der Waals surface area (Å²) in [5, 5.41) is 6.04.